The third-order valence-electron chi connectivity index (χ3n) is 3.67. The average molecular weight is 387 g/mol. The van der Waals surface area contributed by atoms with Crippen molar-refractivity contribution in [1.82, 2.24) is 0 Å². The summed E-state index contributed by atoms with van der Waals surface area (Å²) in [5.41, 5.74) is -0.566. The number of fused-ring (bicyclic) bond motifs is 1. The Morgan fingerprint density at radius 2 is 1.63 bits per heavy atom. The minimum Gasteiger partial charge on any atom is -0.455 e. The molecule has 0 saturated heterocycles. The molecule has 0 aliphatic carbocycles. The quantitative estimate of drug-likeness (QED) is 0.503. The number of carbonyl (C=O) groups excluding carboxylic acids is 2. The van der Waals surface area contributed by atoms with Crippen LogP contribution in [0.1, 0.15) is 0 Å². The van der Waals surface area contributed by atoms with E-state index in [1.165, 1.54) is 17.8 Å². The summed E-state index contributed by atoms with van der Waals surface area (Å²) in [7, 11) is 0. The zero-order valence-corrected chi connectivity index (χ0v) is 14.9. The molecule has 0 fully saturated rings. The lowest BCUT2D eigenvalue weighted by Gasteiger charge is -2.08. The molecule has 1 N–H and O–H groups in total. The van der Waals surface area contributed by atoms with Crippen molar-refractivity contribution < 1.29 is 23.1 Å². The van der Waals surface area contributed by atoms with Gasteiger partial charge in [-0.3, -0.25) is 9.59 Å². The van der Waals surface area contributed by atoms with Crippen molar-refractivity contribution in [2.45, 2.75) is 4.90 Å². The molecule has 0 aliphatic heterocycles. The fraction of sp³-hybridized carbons (Fsp3) is 0.100. The molecule has 3 rings (SSSR count). The van der Waals surface area contributed by atoms with Crippen molar-refractivity contribution in [2.24, 2.45) is 0 Å². The van der Waals surface area contributed by atoms with E-state index < -0.39 is 35.8 Å². The monoisotopic (exact) mass is 387 g/mol. The number of ether oxygens (including phenoxy) is 1. The number of thioether (sulfide) groups is 1. The number of hydrogen-bond donors (Lipinski definition) is 1. The van der Waals surface area contributed by atoms with Crippen LogP contribution in [0.15, 0.2) is 65.6 Å². The summed E-state index contributed by atoms with van der Waals surface area (Å²) in [4.78, 5) is 24.4. The van der Waals surface area contributed by atoms with Crippen molar-refractivity contribution in [3.63, 3.8) is 0 Å². The smallest absolute Gasteiger partial charge is 0.316 e. The van der Waals surface area contributed by atoms with Crippen LogP contribution in [0.5, 0.6) is 0 Å². The highest BCUT2D eigenvalue weighted by molar-refractivity contribution is 8.00. The molecule has 3 aromatic carbocycles. The highest BCUT2D eigenvalue weighted by atomic mass is 32.2. The number of amides is 1. The minimum absolute atomic E-state index is 0.0136. The van der Waals surface area contributed by atoms with E-state index in [-0.39, 0.29) is 5.75 Å². The zero-order chi connectivity index (χ0) is 19.2. The summed E-state index contributed by atoms with van der Waals surface area (Å²) in [6, 6.07) is 16.9. The van der Waals surface area contributed by atoms with Crippen molar-refractivity contribution >= 4 is 40.1 Å². The predicted octanol–water partition coefficient (Wildman–Crippen LogP) is 4.39. The summed E-state index contributed by atoms with van der Waals surface area (Å²) < 4.78 is 31.8. The second kappa shape index (κ2) is 8.64. The first-order valence-electron chi connectivity index (χ1n) is 8.04. The highest BCUT2D eigenvalue weighted by Gasteiger charge is 2.14. The fourth-order valence-corrected chi connectivity index (χ4v) is 3.12. The van der Waals surface area contributed by atoms with Gasteiger partial charge < -0.3 is 10.1 Å². The number of halogens is 2. The number of anilines is 1. The molecule has 138 valence electrons. The predicted molar refractivity (Wildman–Crippen MR) is 101 cm³/mol. The summed E-state index contributed by atoms with van der Waals surface area (Å²) in [5.74, 6) is -3.21. The van der Waals surface area contributed by atoms with E-state index in [1.807, 2.05) is 42.5 Å². The van der Waals surface area contributed by atoms with Gasteiger partial charge in [-0.05, 0) is 35.0 Å². The Hall–Kier alpha value is -2.93. The Balaban J connectivity index is 1.48. The minimum atomic E-state index is -0.901. The molecule has 7 heteroatoms. The van der Waals surface area contributed by atoms with Gasteiger partial charge in [-0.2, -0.15) is 0 Å². The Labute approximate surface area is 158 Å². The summed E-state index contributed by atoms with van der Waals surface area (Å²) >= 11 is 1.28. The van der Waals surface area contributed by atoms with Crippen LogP contribution in [-0.2, 0) is 14.3 Å². The van der Waals surface area contributed by atoms with E-state index in [4.69, 9.17) is 4.74 Å². The van der Waals surface area contributed by atoms with Crippen LogP contribution < -0.4 is 5.32 Å². The Morgan fingerprint density at radius 3 is 2.37 bits per heavy atom. The van der Waals surface area contributed by atoms with Gasteiger partial charge in [0.15, 0.2) is 6.61 Å². The third-order valence-corrected chi connectivity index (χ3v) is 4.64. The number of esters is 1. The normalized spacial score (nSPS) is 10.6. The first-order chi connectivity index (χ1) is 13.0. The molecule has 0 aliphatic rings. The van der Waals surface area contributed by atoms with Gasteiger partial charge in [0.1, 0.15) is 17.3 Å². The first-order valence-corrected chi connectivity index (χ1v) is 9.02. The number of carbonyl (C=O) groups is 2. The van der Waals surface area contributed by atoms with Gasteiger partial charge in [0.25, 0.3) is 5.91 Å². The topological polar surface area (TPSA) is 55.4 Å². The molecular weight excluding hydrogens is 372 g/mol. The lowest BCUT2D eigenvalue weighted by molar-refractivity contribution is -0.144. The van der Waals surface area contributed by atoms with E-state index in [1.54, 1.807) is 0 Å². The highest BCUT2D eigenvalue weighted by Crippen LogP contribution is 2.23. The maximum Gasteiger partial charge on any atom is 0.316 e. The first kappa shape index (κ1) is 18.8. The van der Waals surface area contributed by atoms with Gasteiger partial charge in [-0.25, -0.2) is 8.78 Å². The second-order valence-corrected chi connectivity index (χ2v) is 6.65. The van der Waals surface area contributed by atoms with Crippen molar-refractivity contribution in [3.05, 3.63) is 72.3 Å². The van der Waals surface area contributed by atoms with Gasteiger partial charge in [-0.15, -0.1) is 11.8 Å². The SMILES string of the molecule is O=C(COC(=O)CSc1ccc2ccccc2c1)Nc1c(F)cccc1F. The van der Waals surface area contributed by atoms with Gasteiger partial charge in [0.2, 0.25) is 0 Å². The maximum absolute atomic E-state index is 13.5. The third kappa shape index (κ3) is 5.04. The maximum atomic E-state index is 13.5. The molecule has 0 aromatic heterocycles. The van der Waals surface area contributed by atoms with Crippen LogP contribution in [-0.4, -0.2) is 24.2 Å². The Morgan fingerprint density at radius 1 is 0.926 bits per heavy atom. The molecule has 0 unspecified atom stereocenters. The van der Waals surface area contributed by atoms with Gasteiger partial charge in [0, 0.05) is 4.90 Å². The molecular formula is C20H15F2NO3S. The van der Waals surface area contributed by atoms with E-state index in [0.717, 1.165) is 27.8 Å². The van der Waals surface area contributed by atoms with E-state index in [9.17, 15) is 18.4 Å². The molecule has 0 saturated carbocycles. The van der Waals surface area contributed by atoms with E-state index in [0.29, 0.717) is 0 Å². The molecule has 4 nitrogen and oxygen atoms in total. The fourth-order valence-electron chi connectivity index (χ4n) is 2.38. The summed E-state index contributed by atoms with van der Waals surface area (Å²) in [6.07, 6.45) is 0. The molecule has 0 radical (unpaired) electrons. The van der Waals surface area contributed by atoms with Crippen LogP contribution in [0.3, 0.4) is 0 Å². The number of nitrogens with one attached hydrogen (secondary N) is 1. The van der Waals surface area contributed by atoms with Crippen LogP contribution in [0, 0.1) is 11.6 Å². The van der Waals surface area contributed by atoms with Crippen LogP contribution in [0.25, 0.3) is 10.8 Å². The molecule has 3 aromatic rings. The van der Waals surface area contributed by atoms with Crippen LogP contribution >= 0.6 is 11.8 Å². The van der Waals surface area contributed by atoms with Crippen molar-refractivity contribution in [3.8, 4) is 0 Å². The Bertz CT molecular complexity index is 974. The average Bonchev–Trinajstić information content (AvgIpc) is 2.67. The molecule has 0 bridgehead atoms. The lowest BCUT2D eigenvalue weighted by atomic mass is 10.1. The molecule has 0 atom stereocenters. The van der Waals surface area contributed by atoms with E-state index >= 15 is 0 Å². The largest absolute Gasteiger partial charge is 0.455 e. The second-order valence-electron chi connectivity index (χ2n) is 5.60. The summed E-state index contributed by atoms with van der Waals surface area (Å²) in [6.45, 7) is -0.620. The number of hydrogen-bond acceptors (Lipinski definition) is 4. The van der Waals surface area contributed by atoms with Crippen LogP contribution in [0.2, 0.25) is 0 Å². The van der Waals surface area contributed by atoms with Crippen molar-refractivity contribution in [1.29, 1.82) is 0 Å². The molecule has 1 amide bonds. The number of benzene rings is 3. The standard InChI is InChI=1S/C20H15F2NO3S/c21-16-6-3-7-17(22)20(16)23-18(24)11-26-19(25)12-27-15-9-8-13-4-1-2-5-14(13)10-15/h1-10H,11-12H2,(H,23,24). The van der Waals surface area contributed by atoms with Gasteiger partial charge in [-0.1, -0.05) is 36.4 Å². The van der Waals surface area contributed by atoms with Crippen molar-refractivity contribution in [2.75, 3.05) is 17.7 Å². The number of para-hydroxylation sites is 1. The molecule has 0 heterocycles. The zero-order valence-electron chi connectivity index (χ0n) is 14.1. The molecule has 0 spiro atoms. The lowest BCUT2D eigenvalue weighted by Crippen LogP contribution is -2.22. The van der Waals surface area contributed by atoms with Crippen LogP contribution in [0.4, 0.5) is 14.5 Å². The Kier molecular flexibility index (Phi) is 6.03. The summed E-state index contributed by atoms with van der Waals surface area (Å²) in [5, 5.41) is 4.21. The number of rotatable bonds is 6. The van der Waals surface area contributed by atoms with E-state index in [2.05, 4.69) is 5.32 Å². The van der Waals surface area contributed by atoms with Gasteiger partial charge in [0.05, 0.1) is 5.75 Å². The van der Waals surface area contributed by atoms with Gasteiger partial charge >= 0.3 is 5.97 Å². The molecule has 27 heavy (non-hydrogen) atoms.